The average Bonchev–Trinajstić information content (AvgIpc) is 2.80. The maximum atomic E-state index is 13.5. The number of imidazole rings is 1. The average molecular weight is 314 g/mol. The molecule has 2 heterocycles. The second-order valence-corrected chi connectivity index (χ2v) is 5.14. The van der Waals surface area contributed by atoms with Crippen molar-refractivity contribution in [3.8, 4) is 0 Å². The molecule has 0 spiro atoms. The summed E-state index contributed by atoms with van der Waals surface area (Å²) < 4.78 is 16.3. The van der Waals surface area contributed by atoms with Gasteiger partial charge < -0.3 is 5.32 Å². The second kappa shape index (κ2) is 6.04. The van der Waals surface area contributed by atoms with Gasteiger partial charge in [0.2, 0.25) is 5.91 Å². The molecule has 0 aliphatic rings. The van der Waals surface area contributed by atoms with Crippen molar-refractivity contribution in [2.24, 2.45) is 7.05 Å². The third-order valence-corrected chi connectivity index (χ3v) is 3.63. The van der Waals surface area contributed by atoms with Crippen LogP contribution in [0.3, 0.4) is 0 Å². The Morgan fingerprint density at radius 1 is 1.26 bits per heavy atom. The molecule has 0 atom stereocenters. The van der Waals surface area contributed by atoms with E-state index in [-0.39, 0.29) is 30.5 Å². The molecule has 0 bridgehead atoms. The maximum absolute atomic E-state index is 13.5. The zero-order chi connectivity index (χ0) is 16.4. The van der Waals surface area contributed by atoms with Crippen molar-refractivity contribution in [1.29, 1.82) is 0 Å². The van der Waals surface area contributed by atoms with E-state index in [0.717, 1.165) is 0 Å². The smallest absolute Gasteiger partial charge is 0.330 e. The van der Waals surface area contributed by atoms with Crippen LogP contribution < -0.4 is 11.0 Å². The van der Waals surface area contributed by atoms with Crippen LogP contribution in [0, 0.1) is 5.82 Å². The molecular formula is C16H15FN4O2. The molecule has 0 saturated heterocycles. The van der Waals surface area contributed by atoms with Gasteiger partial charge in [0.05, 0.1) is 5.52 Å². The number of hydrogen-bond acceptors (Lipinski definition) is 3. The van der Waals surface area contributed by atoms with Crippen molar-refractivity contribution in [3.63, 3.8) is 0 Å². The first-order valence-electron chi connectivity index (χ1n) is 7.08. The summed E-state index contributed by atoms with van der Waals surface area (Å²) in [6.07, 6.45) is 1.59. The van der Waals surface area contributed by atoms with Crippen LogP contribution in [0.4, 0.5) is 4.39 Å². The Hall–Kier alpha value is -2.96. The molecular weight excluding hydrogens is 299 g/mol. The van der Waals surface area contributed by atoms with Gasteiger partial charge in [-0.1, -0.05) is 18.2 Å². The number of nitrogens with zero attached hydrogens (tertiary/aromatic N) is 3. The van der Waals surface area contributed by atoms with E-state index in [1.807, 2.05) is 0 Å². The van der Waals surface area contributed by atoms with Gasteiger partial charge >= 0.3 is 5.69 Å². The van der Waals surface area contributed by atoms with Crippen molar-refractivity contribution in [2.75, 3.05) is 0 Å². The minimum atomic E-state index is -0.376. The molecule has 0 saturated carbocycles. The van der Waals surface area contributed by atoms with Crippen molar-refractivity contribution in [3.05, 3.63) is 64.5 Å². The summed E-state index contributed by atoms with van der Waals surface area (Å²) in [6, 6.07) is 9.66. The molecule has 0 aliphatic heterocycles. The molecule has 3 rings (SSSR count). The molecule has 1 N–H and O–H groups in total. The number of carbonyl (C=O) groups is 1. The molecule has 0 unspecified atom stereocenters. The van der Waals surface area contributed by atoms with Crippen molar-refractivity contribution >= 4 is 17.1 Å². The van der Waals surface area contributed by atoms with E-state index < -0.39 is 0 Å². The molecule has 0 radical (unpaired) electrons. The molecule has 3 aromatic rings. The molecule has 1 amide bonds. The second-order valence-electron chi connectivity index (χ2n) is 5.14. The normalized spacial score (nSPS) is 10.9. The molecule has 7 heteroatoms. The number of carbonyl (C=O) groups excluding carboxylic acids is 1. The lowest BCUT2D eigenvalue weighted by atomic mass is 10.2. The van der Waals surface area contributed by atoms with Crippen LogP contribution in [0.2, 0.25) is 0 Å². The van der Waals surface area contributed by atoms with E-state index in [2.05, 4.69) is 10.3 Å². The highest BCUT2D eigenvalue weighted by Gasteiger charge is 2.14. The molecule has 1 aromatic carbocycles. The van der Waals surface area contributed by atoms with Crippen molar-refractivity contribution < 1.29 is 9.18 Å². The molecule has 0 fully saturated rings. The highest BCUT2D eigenvalue weighted by molar-refractivity contribution is 5.79. The zero-order valence-electron chi connectivity index (χ0n) is 12.5. The van der Waals surface area contributed by atoms with Gasteiger partial charge in [-0.05, 0) is 18.2 Å². The van der Waals surface area contributed by atoms with E-state index in [4.69, 9.17) is 0 Å². The van der Waals surface area contributed by atoms with E-state index in [1.165, 1.54) is 15.2 Å². The van der Waals surface area contributed by atoms with Crippen LogP contribution in [-0.2, 0) is 24.9 Å². The van der Waals surface area contributed by atoms with Gasteiger partial charge in [-0.15, -0.1) is 0 Å². The fourth-order valence-corrected chi connectivity index (χ4v) is 2.42. The highest BCUT2D eigenvalue weighted by atomic mass is 19.1. The number of rotatable bonds is 4. The number of benzene rings is 1. The Morgan fingerprint density at radius 2 is 2.04 bits per heavy atom. The van der Waals surface area contributed by atoms with Gasteiger partial charge in [0, 0.05) is 25.4 Å². The van der Waals surface area contributed by atoms with Gasteiger partial charge in [0.1, 0.15) is 12.4 Å². The number of hydrogen-bond donors (Lipinski definition) is 1. The predicted molar refractivity (Wildman–Crippen MR) is 83.2 cm³/mol. The third kappa shape index (κ3) is 2.85. The quantitative estimate of drug-likeness (QED) is 0.786. The van der Waals surface area contributed by atoms with Gasteiger partial charge in [-0.2, -0.15) is 0 Å². The summed E-state index contributed by atoms with van der Waals surface area (Å²) in [5.41, 5.74) is 1.17. The Balaban J connectivity index is 1.78. The SMILES string of the molecule is Cn1c(=O)n(CC(=O)NCc2ccccc2F)c2cccnc21. The minimum absolute atomic E-state index is 0.0727. The number of pyridine rings is 1. The maximum Gasteiger partial charge on any atom is 0.330 e. The number of amides is 1. The first-order valence-corrected chi connectivity index (χ1v) is 7.08. The van der Waals surface area contributed by atoms with Crippen LogP contribution >= 0.6 is 0 Å². The number of aryl methyl sites for hydroxylation is 1. The fraction of sp³-hybridized carbons (Fsp3) is 0.188. The lowest BCUT2D eigenvalue weighted by Crippen LogP contribution is -2.32. The zero-order valence-corrected chi connectivity index (χ0v) is 12.5. The number of aromatic nitrogens is 3. The summed E-state index contributed by atoms with van der Waals surface area (Å²) in [4.78, 5) is 28.4. The fourth-order valence-electron chi connectivity index (χ4n) is 2.42. The third-order valence-electron chi connectivity index (χ3n) is 3.63. The van der Waals surface area contributed by atoms with Crippen LogP contribution in [0.15, 0.2) is 47.4 Å². The summed E-state index contributed by atoms with van der Waals surface area (Å²) in [6.45, 7) is -0.0698. The molecule has 0 aliphatic carbocycles. The van der Waals surface area contributed by atoms with E-state index >= 15 is 0 Å². The van der Waals surface area contributed by atoms with Crippen LogP contribution in [0.1, 0.15) is 5.56 Å². The number of halogens is 1. The molecule has 118 valence electrons. The van der Waals surface area contributed by atoms with E-state index in [1.54, 1.807) is 43.6 Å². The largest absolute Gasteiger partial charge is 0.350 e. The van der Waals surface area contributed by atoms with Gasteiger partial charge in [0.15, 0.2) is 5.65 Å². The Labute approximate surface area is 131 Å². The Morgan fingerprint density at radius 3 is 2.83 bits per heavy atom. The predicted octanol–water partition coefficient (Wildman–Crippen LogP) is 1.19. The van der Waals surface area contributed by atoms with E-state index in [9.17, 15) is 14.0 Å². The lowest BCUT2D eigenvalue weighted by Gasteiger charge is -2.07. The van der Waals surface area contributed by atoms with Gasteiger partial charge in [-0.25, -0.2) is 14.2 Å². The monoisotopic (exact) mass is 314 g/mol. The summed E-state index contributed by atoms with van der Waals surface area (Å²) in [5, 5.41) is 2.62. The molecule has 2 aromatic heterocycles. The number of nitrogens with one attached hydrogen (secondary N) is 1. The number of fused-ring (bicyclic) bond motifs is 1. The lowest BCUT2D eigenvalue weighted by molar-refractivity contribution is -0.121. The minimum Gasteiger partial charge on any atom is -0.350 e. The van der Waals surface area contributed by atoms with Gasteiger partial charge in [0.25, 0.3) is 0 Å². The van der Waals surface area contributed by atoms with Crippen LogP contribution in [0.25, 0.3) is 11.2 Å². The first-order chi connectivity index (χ1) is 11.1. The van der Waals surface area contributed by atoms with Gasteiger partial charge in [-0.3, -0.25) is 13.9 Å². The van der Waals surface area contributed by atoms with E-state index in [0.29, 0.717) is 16.7 Å². The van der Waals surface area contributed by atoms with Crippen molar-refractivity contribution in [1.82, 2.24) is 19.4 Å². The standard InChI is InChI=1S/C16H15FN4O2/c1-20-15-13(7-4-8-18-15)21(16(20)23)10-14(22)19-9-11-5-2-3-6-12(11)17/h2-8H,9-10H2,1H3,(H,19,22). The topological polar surface area (TPSA) is 68.9 Å². The van der Waals surface area contributed by atoms with Crippen LogP contribution in [0.5, 0.6) is 0 Å². The van der Waals surface area contributed by atoms with Crippen molar-refractivity contribution in [2.45, 2.75) is 13.1 Å². The molecule has 6 nitrogen and oxygen atoms in total. The summed E-state index contributed by atoms with van der Waals surface area (Å²) in [5.74, 6) is -0.744. The molecule has 23 heavy (non-hydrogen) atoms. The Kier molecular flexibility index (Phi) is 3.92. The highest BCUT2D eigenvalue weighted by Crippen LogP contribution is 2.08. The Bertz CT molecular complexity index is 929. The summed E-state index contributed by atoms with van der Waals surface area (Å²) >= 11 is 0. The van der Waals surface area contributed by atoms with Crippen LogP contribution in [-0.4, -0.2) is 20.0 Å². The summed E-state index contributed by atoms with van der Waals surface area (Å²) in [7, 11) is 1.60. The first kappa shape index (κ1) is 15.0.